The minimum Gasteiger partial charge on any atom is -0.446 e. The maximum absolute atomic E-state index is 13.5. The van der Waals surface area contributed by atoms with E-state index in [1.165, 1.54) is 23.0 Å². The van der Waals surface area contributed by atoms with Crippen LogP contribution in [-0.4, -0.2) is 41.2 Å². The van der Waals surface area contributed by atoms with E-state index in [1.807, 2.05) is 46.0 Å². The van der Waals surface area contributed by atoms with E-state index in [1.54, 1.807) is 0 Å². The van der Waals surface area contributed by atoms with E-state index in [-0.39, 0.29) is 34.3 Å². The minimum atomic E-state index is -0.380. The second kappa shape index (κ2) is 9.87. The average molecular weight is 462 g/mol. The van der Waals surface area contributed by atoms with Gasteiger partial charge >= 0.3 is 6.09 Å². The first-order valence-electron chi connectivity index (χ1n) is 11.4. The van der Waals surface area contributed by atoms with Gasteiger partial charge in [-0.2, -0.15) is 4.39 Å². The molecule has 1 fully saturated rings. The number of carbonyl (C=O) groups excluding carboxylic acids is 1. The number of carbonyl (C=O) groups is 1. The molecule has 0 radical (unpaired) electrons. The molecule has 2 aromatic rings. The lowest BCUT2D eigenvalue weighted by molar-refractivity contribution is 0.00679. The van der Waals surface area contributed by atoms with Crippen LogP contribution in [0.5, 0.6) is 0 Å². The first-order valence-corrected chi connectivity index (χ1v) is 12.2. The van der Waals surface area contributed by atoms with Crippen LogP contribution in [-0.2, 0) is 16.7 Å². The SMILES string of the molecule is Cc1ccc(C(C)(C)N2CCC(CCc3ccc(F)s3)([C@@H](C)OC(=O)NC(C)C)C2)cn1. The number of aryl methyl sites for hydroxylation is 2. The molecule has 176 valence electrons. The number of nitrogens with one attached hydrogen (secondary N) is 1. The fourth-order valence-corrected chi connectivity index (χ4v) is 5.26. The molecule has 7 heteroatoms. The highest BCUT2D eigenvalue weighted by molar-refractivity contribution is 7.10. The van der Waals surface area contributed by atoms with E-state index in [9.17, 15) is 9.18 Å². The maximum atomic E-state index is 13.5. The van der Waals surface area contributed by atoms with Crippen LogP contribution in [0.2, 0.25) is 0 Å². The van der Waals surface area contributed by atoms with E-state index >= 15 is 0 Å². The summed E-state index contributed by atoms with van der Waals surface area (Å²) in [7, 11) is 0. The van der Waals surface area contributed by atoms with Crippen LogP contribution in [0.3, 0.4) is 0 Å². The topological polar surface area (TPSA) is 54.5 Å². The number of hydrogen-bond donors (Lipinski definition) is 1. The zero-order valence-corrected chi connectivity index (χ0v) is 20.9. The van der Waals surface area contributed by atoms with Gasteiger partial charge in [-0.3, -0.25) is 9.88 Å². The normalized spacial score (nSPS) is 20.5. The van der Waals surface area contributed by atoms with Gasteiger partial charge < -0.3 is 10.1 Å². The van der Waals surface area contributed by atoms with Crippen LogP contribution < -0.4 is 5.32 Å². The molecule has 0 bridgehead atoms. The molecular weight excluding hydrogens is 425 g/mol. The van der Waals surface area contributed by atoms with Crippen molar-refractivity contribution in [2.75, 3.05) is 13.1 Å². The summed E-state index contributed by atoms with van der Waals surface area (Å²) in [5.74, 6) is 0. The van der Waals surface area contributed by atoms with Gasteiger partial charge in [-0.15, -0.1) is 11.3 Å². The van der Waals surface area contributed by atoms with E-state index in [4.69, 9.17) is 4.74 Å². The Bertz CT molecular complexity index is 912. The Balaban J connectivity index is 1.80. The quantitative estimate of drug-likeness (QED) is 0.550. The second-order valence-electron chi connectivity index (χ2n) is 9.83. The maximum Gasteiger partial charge on any atom is 0.407 e. The summed E-state index contributed by atoms with van der Waals surface area (Å²) >= 11 is 1.20. The third-order valence-corrected chi connectivity index (χ3v) is 7.78. The zero-order chi connectivity index (χ0) is 23.5. The summed E-state index contributed by atoms with van der Waals surface area (Å²) in [5.41, 5.74) is 1.77. The lowest BCUT2D eigenvalue weighted by Gasteiger charge is -2.40. The van der Waals surface area contributed by atoms with Gasteiger partial charge in [0.05, 0.1) is 0 Å². The number of thiophene rings is 1. The summed E-state index contributed by atoms with van der Waals surface area (Å²) in [6.07, 6.45) is 3.84. The molecule has 3 heterocycles. The standard InChI is InChI=1S/C25H36FN3O2S/c1-17(2)28-23(30)31-19(4)25(12-11-21-9-10-22(26)32-21)13-14-29(16-25)24(5,6)20-8-7-18(3)27-15-20/h7-10,15,17,19H,11-14,16H2,1-6H3,(H,28,30)/t19-,25?/m1/s1. The smallest absolute Gasteiger partial charge is 0.407 e. The fraction of sp³-hybridized carbons (Fsp3) is 0.600. The van der Waals surface area contributed by atoms with Crippen molar-refractivity contribution in [3.05, 3.63) is 51.7 Å². The van der Waals surface area contributed by atoms with Gasteiger partial charge in [0, 0.05) is 40.3 Å². The molecular formula is C25H36FN3O2S. The monoisotopic (exact) mass is 461 g/mol. The number of halogens is 1. The van der Waals surface area contributed by atoms with Crippen molar-refractivity contribution in [3.63, 3.8) is 0 Å². The number of alkyl carbamates (subject to hydrolysis) is 1. The fourth-order valence-electron chi connectivity index (χ4n) is 4.54. The molecule has 1 aliphatic rings. The Labute approximate surface area is 195 Å². The van der Waals surface area contributed by atoms with Gasteiger partial charge in [-0.05, 0) is 91.1 Å². The number of likely N-dealkylation sites (tertiary alicyclic amines) is 1. The number of nitrogens with zero attached hydrogens (tertiary/aromatic N) is 2. The highest BCUT2D eigenvalue weighted by Gasteiger charge is 2.48. The lowest BCUT2D eigenvalue weighted by atomic mass is 9.77. The first-order chi connectivity index (χ1) is 15.0. The highest BCUT2D eigenvalue weighted by Crippen LogP contribution is 2.44. The Morgan fingerprint density at radius 2 is 2.06 bits per heavy atom. The number of pyridine rings is 1. The number of amides is 1. The van der Waals surface area contributed by atoms with Crippen molar-refractivity contribution in [1.29, 1.82) is 0 Å². The summed E-state index contributed by atoms with van der Waals surface area (Å²) < 4.78 is 19.4. The van der Waals surface area contributed by atoms with Crippen molar-refractivity contribution >= 4 is 17.4 Å². The van der Waals surface area contributed by atoms with Crippen molar-refractivity contribution in [1.82, 2.24) is 15.2 Å². The molecule has 5 nitrogen and oxygen atoms in total. The molecule has 1 aliphatic heterocycles. The Morgan fingerprint density at radius 1 is 1.31 bits per heavy atom. The molecule has 1 N–H and O–H groups in total. The minimum absolute atomic E-state index is 0.0211. The van der Waals surface area contributed by atoms with E-state index in [0.717, 1.165) is 42.9 Å². The Kier molecular flexibility index (Phi) is 7.61. The lowest BCUT2D eigenvalue weighted by Crippen LogP contribution is -2.46. The van der Waals surface area contributed by atoms with Crippen molar-refractivity contribution in [2.24, 2.45) is 5.41 Å². The Hall–Kier alpha value is -1.99. The molecule has 0 spiro atoms. The molecule has 1 amide bonds. The van der Waals surface area contributed by atoms with Crippen molar-refractivity contribution < 1.29 is 13.9 Å². The molecule has 32 heavy (non-hydrogen) atoms. The summed E-state index contributed by atoms with van der Waals surface area (Å²) in [5, 5.41) is 2.68. The van der Waals surface area contributed by atoms with Crippen LogP contribution in [0, 0.1) is 17.5 Å². The Morgan fingerprint density at radius 3 is 2.66 bits per heavy atom. The van der Waals surface area contributed by atoms with E-state index in [0.29, 0.717) is 0 Å². The average Bonchev–Trinajstić information content (AvgIpc) is 3.33. The first kappa shape index (κ1) is 24.6. The molecule has 2 atom stereocenters. The van der Waals surface area contributed by atoms with Gasteiger partial charge in [-0.1, -0.05) is 6.07 Å². The second-order valence-corrected chi connectivity index (χ2v) is 11.0. The third-order valence-electron chi connectivity index (χ3n) is 6.84. The van der Waals surface area contributed by atoms with E-state index < -0.39 is 0 Å². The van der Waals surface area contributed by atoms with Crippen LogP contribution in [0.4, 0.5) is 9.18 Å². The molecule has 3 rings (SSSR count). The van der Waals surface area contributed by atoms with Crippen LogP contribution in [0.15, 0.2) is 30.5 Å². The predicted octanol–water partition coefficient (Wildman–Crippen LogP) is 5.67. The molecule has 0 aromatic carbocycles. The van der Waals surface area contributed by atoms with Crippen molar-refractivity contribution in [3.8, 4) is 0 Å². The molecule has 0 saturated carbocycles. The summed E-state index contributed by atoms with van der Waals surface area (Å²) in [4.78, 5) is 20.4. The number of ether oxygens (including phenoxy) is 1. The number of aromatic nitrogens is 1. The van der Waals surface area contributed by atoms with Gasteiger partial charge in [0.2, 0.25) is 0 Å². The molecule has 2 aromatic heterocycles. The predicted molar refractivity (Wildman–Crippen MR) is 127 cm³/mol. The number of hydrogen-bond acceptors (Lipinski definition) is 5. The van der Waals surface area contributed by atoms with Crippen LogP contribution in [0.25, 0.3) is 0 Å². The summed E-state index contributed by atoms with van der Waals surface area (Å²) in [6, 6.07) is 7.60. The van der Waals surface area contributed by atoms with E-state index in [2.05, 4.69) is 35.1 Å². The zero-order valence-electron chi connectivity index (χ0n) is 20.1. The molecule has 1 unspecified atom stereocenters. The molecule has 1 saturated heterocycles. The van der Waals surface area contributed by atoms with Crippen LogP contribution >= 0.6 is 11.3 Å². The largest absolute Gasteiger partial charge is 0.446 e. The van der Waals surface area contributed by atoms with Gasteiger partial charge in [0.15, 0.2) is 5.13 Å². The van der Waals surface area contributed by atoms with Crippen LogP contribution in [0.1, 0.15) is 63.6 Å². The third kappa shape index (κ3) is 5.67. The van der Waals surface area contributed by atoms with Crippen molar-refractivity contribution in [2.45, 2.75) is 78.5 Å². The number of rotatable bonds is 8. The van der Waals surface area contributed by atoms with Gasteiger partial charge in [0.1, 0.15) is 6.10 Å². The highest BCUT2D eigenvalue weighted by atomic mass is 32.1. The van der Waals surface area contributed by atoms with Gasteiger partial charge in [-0.25, -0.2) is 4.79 Å². The summed E-state index contributed by atoms with van der Waals surface area (Å²) in [6.45, 7) is 14.0. The van der Waals surface area contributed by atoms with Gasteiger partial charge in [0.25, 0.3) is 0 Å². The molecule has 0 aliphatic carbocycles.